The second-order valence-corrected chi connectivity index (χ2v) is 7.42. The summed E-state index contributed by atoms with van der Waals surface area (Å²) in [5.41, 5.74) is 5.09. The molecule has 0 saturated heterocycles. The van der Waals surface area contributed by atoms with Crippen LogP contribution in [0.5, 0.6) is 0 Å². The van der Waals surface area contributed by atoms with Crippen LogP contribution in [0.4, 0.5) is 13.2 Å². The van der Waals surface area contributed by atoms with E-state index in [4.69, 9.17) is 5.73 Å². The van der Waals surface area contributed by atoms with Crippen LogP contribution in [-0.2, 0) is 16.4 Å². The molecular formula is C14H19F3N2O2S. The molecule has 1 saturated carbocycles. The first-order chi connectivity index (χ1) is 10.2. The van der Waals surface area contributed by atoms with Crippen molar-refractivity contribution in [1.82, 2.24) is 4.72 Å². The molecule has 1 aromatic carbocycles. The van der Waals surface area contributed by atoms with Crippen LogP contribution in [-0.4, -0.2) is 26.7 Å². The Hall–Kier alpha value is -1.12. The predicted molar refractivity (Wildman–Crippen MR) is 76.8 cm³/mol. The first-order valence-corrected chi connectivity index (χ1v) is 8.54. The van der Waals surface area contributed by atoms with Gasteiger partial charge >= 0.3 is 6.18 Å². The number of sulfonamides is 1. The predicted octanol–water partition coefficient (Wildman–Crippen LogP) is 2.34. The molecule has 0 atom stereocenters. The van der Waals surface area contributed by atoms with Gasteiger partial charge in [-0.1, -0.05) is 25.0 Å². The summed E-state index contributed by atoms with van der Waals surface area (Å²) in [5, 5.41) is 0. The van der Waals surface area contributed by atoms with Crippen molar-refractivity contribution in [2.24, 2.45) is 5.73 Å². The molecule has 1 fully saturated rings. The molecule has 1 aromatic rings. The number of nitrogens with two attached hydrogens (primary N) is 1. The Kier molecular flexibility index (Phi) is 4.84. The standard InChI is InChI=1S/C14H19F3N2O2S/c15-14(16,17)9-11-3-5-12(6-4-11)22(20,21)19-13(10-18)7-1-2-8-13/h3-6,19H,1-2,7-10,18H2. The van der Waals surface area contributed by atoms with E-state index in [-0.39, 0.29) is 17.0 Å². The van der Waals surface area contributed by atoms with Crippen LogP contribution in [0, 0.1) is 0 Å². The summed E-state index contributed by atoms with van der Waals surface area (Å²) in [6.07, 6.45) is -2.22. The average molecular weight is 336 g/mol. The quantitative estimate of drug-likeness (QED) is 0.867. The molecule has 2 rings (SSSR count). The van der Waals surface area contributed by atoms with E-state index in [2.05, 4.69) is 4.72 Å². The molecule has 1 aliphatic rings. The van der Waals surface area contributed by atoms with E-state index in [1.54, 1.807) is 0 Å². The lowest BCUT2D eigenvalue weighted by molar-refractivity contribution is -0.127. The van der Waals surface area contributed by atoms with Gasteiger partial charge in [-0.25, -0.2) is 13.1 Å². The maximum Gasteiger partial charge on any atom is 0.393 e. The van der Waals surface area contributed by atoms with Crippen molar-refractivity contribution < 1.29 is 21.6 Å². The molecular weight excluding hydrogens is 317 g/mol. The van der Waals surface area contributed by atoms with E-state index in [9.17, 15) is 21.6 Å². The molecule has 0 spiro atoms. The van der Waals surface area contributed by atoms with Gasteiger partial charge in [0.25, 0.3) is 0 Å². The molecule has 22 heavy (non-hydrogen) atoms. The van der Waals surface area contributed by atoms with E-state index in [0.29, 0.717) is 12.8 Å². The topological polar surface area (TPSA) is 72.2 Å². The van der Waals surface area contributed by atoms with E-state index >= 15 is 0 Å². The van der Waals surface area contributed by atoms with Crippen molar-refractivity contribution >= 4 is 10.0 Å². The Morgan fingerprint density at radius 3 is 2.14 bits per heavy atom. The summed E-state index contributed by atoms with van der Waals surface area (Å²) in [7, 11) is -3.79. The number of halogens is 3. The Balaban J connectivity index is 2.16. The Morgan fingerprint density at radius 2 is 1.68 bits per heavy atom. The monoisotopic (exact) mass is 336 g/mol. The van der Waals surface area contributed by atoms with Gasteiger partial charge in [0.1, 0.15) is 0 Å². The van der Waals surface area contributed by atoms with Crippen molar-refractivity contribution in [3.8, 4) is 0 Å². The lowest BCUT2D eigenvalue weighted by atomic mass is 10.0. The van der Waals surface area contributed by atoms with Gasteiger partial charge < -0.3 is 5.73 Å². The van der Waals surface area contributed by atoms with E-state index in [0.717, 1.165) is 12.8 Å². The molecule has 0 unspecified atom stereocenters. The molecule has 0 heterocycles. The largest absolute Gasteiger partial charge is 0.393 e. The fourth-order valence-electron chi connectivity index (χ4n) is 2.76. The number of benzene rings is 1. The minimum atomic E-state index is -4.31. The molecule has 124 valence electrons. The van der Waals surface area contributed by atoms with Gasteiger partial charge in [0, 0.05) is 12.1 Å². The third-order valence-electron chi connectivity index (χ3n) is 3.94. The average Bonchev–Trinajstić information content (AvgIpc) is 2.86. The van der Waals surface area contributed by atoms with Crippen LogP contribution in [0.2, 0.25) is 0 Å². The van der Waals surface area contributed by atoms with Gasteiger partial charge in [-0.2, -0.15) is 13.2 Å². The molecule has 3 N–H and O–H groups in total. The smallest absolute Gasteiger partial charge is 0.329 e. The van der Waals surface area contributed by atoms with Crippen LogP contribution in [0.25, 0.3) is 0 Å². The summed E-state index contributed by atoms with van der Waals surface area (Å²) in [5.74, 6) is 0. The minimum Gasteiger partial charge on any atom is -0.329 e. The molecule has 0 aromatic heterocycles. The van der Waals surface area contributed by atoms with Gasteiger partial charge in [0.2, 0.25) is 10.0 Å². The lowest BCUT2D eigenvalue weighted by Crippen LogP contribution is -2.51. The van der Waals surface area contributed by atoms with Crippen molar-refractivity contribution in [3.05, 3.63) is 29.8 Å². The third kappa shape index (κ3) is 4.21. The Labute approximate surface area is 127 Å². The molecule has 0 aliphatic heterocycles. The summed E-state index contributed by atoms with van der Waals surface area (Å²) in [6, 6.07) is 4.77. The fourth-order valence-corrected chi connectivity index (χ4v) is 4.23. The summed E-state index contributed by atoms with van der Waals surface area (Å²) in [6.45, 7) is 0.207. The van der Waals surface area contributed by atoms with Gasteiger partial charge in [-0.15, -0.1) is 0 Å². The highest BCUT2D eigenvalue weighted by Crippen LogP contribution is 2.30. The number of nitrogens with one attached hydrogen (secondary N) is 1. The second kappa shape index (κ2) is 6.17. The SMILES string of the molecule is NCC1(NS(=O)(=O)c2ccc(CC(F)(F)F)cc2)CCCC1. The Morgan fingerprint density at radius 1 is 1.14 bits per heavy atom. The number of hydrogen-bond acceptors (Lipinski definition) is 3. The first kappa shape index (κ1) is 17.2. The fraction of sp³-hybridized carbons (Fsp3) is 0.571. The number of alkyl halides is 3. The maximum absolute atomic E-state index is 12.4. The lowest BCUT2D eigenvalue weighted by Gasteiger charge is -2.28. The number of rotatable bonds is 5. The number of hydrogen-bond donors (Lipinski definition) is 2. The van der Waals surface area contributed by atoms with Crippen LogP contribution in [0.15, 0.2) is 29.2 Å². The zero-order chi connectivity index (χ0) is 16.4. The van der Waals surface area contributed by atoms with Crippen LogP contribution in [0.3, 0.4) is 0 Å². The molecule has 4 nitrogen and oxygen atoms in total. The molecule has 0 amide bonds. The first-order valence-electron chi connectivity index (χ1n) is 7.06. The van der Waals surface area contributed by atoms with Crippen LogP contribution < -0.4 is 10.5 Å². The van der Waals surface area contributed by atoms with Gasteiger partial charge in [-0.05, 0) is 30.5 Å². The highest BCUT2D eigenvalue weighted by atomic mass is 32.2. The Bertz CT molecular complexity index is 606. The molecule has 8 heteroatoms. The van der Waals surface area contributed by atoms with E-state index < -0.39 is 28.2 Å². The van der Waals surface area contributed by atoms with Gasteiger partial charge in [-0.3, -0.25) is 0 Å². The van der Waals surface area contributed by atoms with Crippen LogP contribution >= 0.6 is 0 Å². The summed E-state index contributed by atoms with van der Waals surface area (Å²) < 4.78 is 64.2. The summed E-state index contributed by atoms with van der Waals surface area (Å²) >= 11 is 0. The van der Waals surface area contributed by atoms with Gasteiger partial charge in [0.05, 0.1) is 11.3 Å². The maximum atomic E-state index is 12.4. The minimum absolute atomic E-state index is 0.0286. The van der Waals surface area contributed by atoms with Crippen molar-refractivity contribution in [1.29, 1.82) is 0 Å². The van der Waals surface area contributed by atoms with E-state index in [1.165, 1.54) is 24.3 Å². The normalized spacial score (nSPS) is 18.5. The molecule has 0 radical (unpaired) electrons. The zero-order valence-corrected chi connectivity index (χ0v) is 12.8. The van der Waals surface area contributed by atoms with E-state index in [1.807, 2.05) is 0 Å². The van der Waals surface area contributed by atoms with Crippen molar-refractivity contribution in [2.75, 3.05) is 6.54 Å². The highest BCUT2D eigenvalue weighted by Gasteiger charge is 2.36. The highest BCUT2D eigenvalue weighted by molar-refractivity contribution is 7.89. The summed E-state index contributed by atoms with van der Waals surface area (Å²) in [4.78, 5) is -0.0434. The van der Waals surface area contributed by atoms with Crippen LogP contribution in [0.1, 0.15) is 31.2 Å². The second-order valence-electron chi connectivity index (χ2n) is 5.73. The van der Waals surface area contributed by atoms with Crippen molar-refractivity contribution in [2.45, 2.75) is 48.7 Å². The molecule has 1 aliphatic carbocycles. The van der Waals surface area contributed by atoms with Crippen molar-refractivity contribution in [3.63, 3.8) is 0 Å². The zero-order valence-electron chi connectivity index (χ0n) is 12.0. The third-order valence-corrected chi connectivity index (χ3v) is 5.54. The molecule has 0 bridgehead atoms. The van der Waals surface area contributed by atoms with Gasteiger partial charge in [0.15, 0.2) is 0 Å².